The number of carbonyl (C=O) groups is 6. The van der Waals surface area contributed by atoms with E-state index >= 15 is 0 Å². The number of hydrogen-bond donors (Lipinski definition) is 8. The Morgan fingerprint density at radius 3 is 2.02 bits per heavy atom. The molecule has 0 fully saturated rings. The van der Waals surface area contributed by atoms with Crippen LogP contribution in [0.2, 0.25) is 0 Å². The van der Waals surface area contributed by atoms with Crippen LogP contribution < -0.4 is 27.4 Å². The van der Waals surface area contributed by atoms with Crippen LogP contribution in [0.4, 0.5) is 0 Å². The highest BCUT2D eigenvalue weighted by molar-refractivity contribution is 5.96. The van der Waals surface area contributed by atoms with Crippen molar-refractivity contribution in [3.63, 3.8) is 0 Å². The van der Waals surface area contributed by atoms with Crippen LogP contribution in [0.15, 0.2) is 60.8 Å². The quantitative estimate of drug-likeness (QED) is 0.107. The number of aliphatic carboxylic acids is 2. The number of primary amides is 1. The lowest BCUT2D eigenvalue weighted by atomic mass is 10.0. The minimum Gasteiger partial charge on any atom is -0.481 e. The minimum atomic E-state index is -1.53. The lowest BCUT2D eigenvalue weighted by molar-refractivity contribution is -0.143. The maximum atomic E-state index is 13.2. The van der Waals surface area contributed by atoms with Crippen LogP contribution in [0.25, 0.3) is 10.9 Å². The average Bonchev–Trinajstić information content (AvgIpc) is 3.37. The van der Waals surface area contributed by atoms with Crippen LogP contribution in [0.1, 0.15) is 30.4 Å². The van der Waals surface area contributed by atoms with E-state index in [1.165, 1.54) is 0 Å². The predicted molar refractivity (Wildman–Crippen MR) is 154 cm³/mol. The van der Waals surface area contributed by atoms with Crippen molar-refractivity contribution < 1.29 is 39.0 Å². The molecule has 43 heavy (non-hydrogen) atoms. The Morgan fingerprint density at radius 2 is 1.37 bits per heavy atom. The fraction of sp³-hybridized carbons (Fsp3) is 0.310. The molecule has 0 aliphatic rings. The van der Waals surface area contributed by atoms with Crippen molar-refractivity contribution in [2.24, 2.45) is 11.5 Å². The number of aromatic amines is 1. The third-order valence-electron chi connectivity index (χ3n) is 6.67. The SMILES string of the molecule is NC(=O)CC(NC(=O)C(N)Cc1ccccc1)C(=O)NC(CCC(=O)O)C(=O)NC(Cc1c[nH]c2ccccc12)C(=O)O. The second-order valence-corrected chi connectivity index (χ2v) is 9.98. The van der Waals surface area contributed by atoms with Gasteiger partial charge in [0.2, 0.25) is 23.6 Å². The number of nitrogens with one attached hydrogen (secondary N) is 4. The maximum absolute atomic E-state index is 13.2. The number of amides is 4. The van der Waals surface area contributed by atoms with Crippen LogP contribution in [0.3, 0.4) is 0 Å². The molecule has 228 valence electrons. The van der Waals surface area contributed by atoms with Gasteiger partial charge in [-0.25, -0.2) is 4.79 Å². The monoisotopic (exact) mass is 594 g/mol. The fourth-order valence-electron chi connectivity index (χ4n) is 4.45. The fourth-order valence-corrected chi connectivity index (χ4v) is 4.45. The second kappa shape index (κ2) is 15.1. The molecule has 0 saturated carbocycles. The molecule has 10 N–H and O–H groups in total. The van der Waals surface area contributed by atoms with Gasteiger partial charge in [-0.15, -0.1) is 0 Å². The zero-order valence-electron chi connectivity index (χ0n) is 23.1. The molecule has 4 unspecified atom stereocenters. The highest BCUT2D eigenvalue weighted by Gasteiger charge is 2.32. The van der Waals surface area contributed by atoms with Crippen molar-refractivity contribution in [1.82, 2.24) is 20.9 Å². The van der Waals surface area contributed by atoms with Gasteiger partial charge in [0.15, 0.2) is 0 Å². The number of nitrogens with two attached hydrogens (primary N) is 2. The molecular formula is C29H34N6O8. The van der Waals surface area contributed by atoms with E-state index in [0.29, 0.717) is 5.56 Å². The molecule has 0 spiro atoms. The lowest BCUT2D eigenvalue weighted by Gasteiger charge is -2.24. The summed E-state index contributed by atoms with van der Waals surface area (Å²) in [5.41, 5.74) is 13.4. The number of rotatable bonds is 16. The number of carbonyl (C=O) groups excluding carboxylic acids is 4. The molecule has 4 amide bonds. The van der Waals surface area contributed by atoms with Gasteiger partial charge in [-0.2, -0.15) is 0 Å². The average molecular weight is 595 g/mol. The summed E-state index contributed by atoms with van der Waals surface area (Å²) in [5.74, 6) is -6.29. The van der Waals surface area contributed by atoms with Gasteiger partial charge in [0.25, 0.3) is 0 Å². The van der Waals surface area contributed by atoms with Crippen LogP contribution in [0, 0.1) is 0 Å². The van der Waals surface area contributed by atoms with Gasteiger partial charge in [-0.05, 0) is 30.0 Å². The van der Waals surface area contributed by atoms with Gasteiger partial charge in [0.05, 0.1) is 12.5 Å². The van der Waals surface area contributed by atoms with E-state index in [1.807, 2.05) is 0 Å². The number of fused-ring (bicyclic) bond motifs is 1. The summed E-state index contributed by atoms with van der Waals surface area (Å²) in [6.07, 6.45) is 0.0558. The Labute approximate surface area is 246 Å². The van der Waals surface area contributed by atoms with Crippen LogP contribution in [0.5, 0.6) is 0 Å². The van der Waals surface area contributed by atoms with E-state index in [-0.39, 0.29) is 12.8 Å². The number of carboxylic acid groups (broad SMARTS) is 2. The molecule has 1 aromatic heterocycles. The van der Waals surface area contributed by atoms with E-state index in [0.717, 1.165) is 16.5 Å². The number of aromatic nitrogens is 1. The number of benzene rings is 2. The Balaban J connectivity index is 1.73. The molecule has 14 nitrogen and oxygen atoms in total. The molecule has 3 aromatic rings. The summed E-state index contributed by atoms with van der Waals surface area (Å²) in [5, 5.41) is 26.8. The zero-order valence-corrected chi connectivity index (χ0v) is 23.1. The van der Waals surface area contributed by atoms with Gasteiger partial charge >= 0.3 is 11.9 Å². The normalized spacial score (nSPS) is 13.7. The molecular weight excluding hydrogens is 560 g/mol. The summed E-state index contributed by atoms with van der Waals surface area (Å²) in [6, 6.07) is 10.5. The summed E-state index contributed by atoms with van der Waals surface area (Å²) in [6.45, 7) is 0. The zero-order chi connectivity index (χ0) is 31.5. The molecule has 2 aromatic carbocycles. The number of para-hydroxylation sites is 1. The van der Waals surface area contributed by atoms with E-state index in [1.54, 1.807) is 60.8 Å². The highest BCUT2D eigenvalue weighted by atomic mass is 16.4. The third kappa shape index (κ3) is 9.67. The molecule has 1 heterocycles. The topological polar surface area (TPSA) is 247 Å². The van der Waals surface area contributed by atoms with Crippen LogP contribution >= 0.6 is 0 Å². The lowest BCUT2D eigenvalue weighted by Crippen LogP contribution is -2.58. The first-order chi connectivity index (χ1) is 20.4. The van der Waals surface area contributed by atoms with Crippen molar-refractivity contribution >= 4 is 46.5 Å². The number of hydrogen-bond acceptors (Lipinski definition) is 7. The first kappa shape index (κ1) is 32.3. The predicted octanol–water partition coefficient (Wildman–Crippen LogP) is -0.440. The highest BCUT2D eigenvalue weighted by Crippen LogP contribution is 2.19. The summed E-state index contributed by atoms with van der Waals surface area (Å²) >= 11 is 0. The van der Waals surface area contributed by atoms with Crippen molar-refractivity contribution in [1.29, 1.82) is 0 Å². The van der Waals surface area contributed by atoms with Crippen molar-refractivity contribution in [2.45, 2.75) is 56.3 Å². The molecule has 0 saturated heterocycles. The Hall–Kier alpha value is -5.24. The Kier molecular flexibility index (Phi) is 11.3. The summed E-state index contributed by atoms with van der Waals surface area (Å²) in [4.78, 5) is 77.1. The van der Waals surface area contributed by atoms with Gasteiger partial charge in [-0.3, -0.25) is 24.0 Å². The summed E-state index contributed by atoms with van der Waals surface area (Å²) < 4.78 is 0. The Bertz CT molecular complexity index is 1470. The van der Waals surface area contributed by atoms with Gasteiger partial charge in [0.1, 0.15) is 18.1 Å². The van der Waals surface area contributed by atoms with Crippen molar-refractivity contribution in [2.75, 3.05) is 0 Å². The van der Waals surface area contributed by atoms with Crippen LogP contribution in [-0.4, -0.2) is 74.9 Å². The molecule has 3 rings (SSSR count). The first-order valence-corrected chi connectivity index (χ1v) is 13.4. The van der Waals surface area contributed by atoms with Gasteiger partial charge < -0.3 is 42.6 Å². The van der Waals surface area contributed by atoms with Gasteiger partial charge in [-0.1, -0.05) is 48.5 Å². The first-order valence-electron chi connectivity index (χ1n) is 13.4. The minimum absolute atomic E-state index is 0.107. The van der Waals surface area contributed by atoms with Crippen molar-refractivity contribution in [3.8, 4) is 0 Å². The number of H-pyrrole nitrogens is 1. The largest absolute Gasteiger partial charge is 0.481 e. The van der Waals surface area contributed by atoms with Crippen LogP contribution in [-0.2, 0) is 41.6 Å². The smallest absolute Gasteiger partial charge is 0.326 e. The Morgan fingerprint density at radius 1 is 0.767 bits per heavy atom. The molecule has 4 atom stereocenters. The molecule has 14 heteroatoms. The van der Waals surface area contributed by atoms with Crippen molar-refractivity contribution in [3.05, 3.63) is 71.9 Å². The standard InChI is InChI=1S/C29H34N6O8/c30-19(12-16-6-2-1-3-7-16)26(39)34-22(14-24(31)36)28(41)33-21(10-11-25(37)38)27(40)35-23(29(42)43)13-17-15-32-20-9-5-4-8-18(17)20/h1-9,15,19,21-23,32H,10-14,30H2,(H2,31,36)(H,33,41)(H,34,39)(H,35,40)(H,37,38)(H,42,43). The van der Waals surface area contributed by atoms with E-state index in [4.69, 9.17) is 11.5 Å². The van der Waals surface area contributed by atoms with E-state index < -0.39 is 79.0 Å². The summed E-state index contributed by atoms with van der Waals surface area (Å²) in [7, 11) is 0. The number of carboxylic acids is 2. The molecule has 0 aliphatic heterocycles. The third-order valence-corrected chi connectivity index (χ3v) is 6.67. The van der Waals surface area contributed by atoms with E-state index in [2.05, 4.69) is 20.9 Å². The molecule has 0 radical (unpaired) electrons. The second-order valence-electron chi connectivity index (χ2n) is 9.98. The maximum Gasteiger partial charge on any atom is 0.326 e. The van der Waals surface area contributed by atoms with Gasteiger partial charge in [0, 0.05) is 29.9 Å². The molecule has 0 aliphatic carbocycles. The van der Waals surface area contributed by atoms with E-state index in [9.17, 15) is 39.0 Å². The molecule has 0 bridgehead atoms.